The van der Waals surface area contributed by atoms with Gasteiger partial charge in [-0.15, -0.1) is 0 Å². The molecule has 122 valence electrons. The lowest BCUT2D eigenvalue weighted by Crippen LogP contribution is -2.32. The molecule has 1 unspecified atom stereocenters. The summed E-state index contributed by atoms with van der Waals surface area (Å²) in [5.41, 5.74) is 1.82. The third-order valence-corrected chi connectivity index (χ3v) is 3.44. The molecule has 2 aromatic rings. The van der Waals surface area contributed by atoms with Crippen molar-refractivity contribution in [1.29, 1.82) is 0 Å². The minimum atomic E-state index is -0.522. The third kappa shape index (κ3) is 6.08. The third-order valence-electron chi connectivity index (χ3n) is 3.44. The molecular weight excluding hydrogens is 297 g/mol. The average Bonchev–Trinajstić information content (AvgIpc) is 2.59. The van der Waals surface area contributed by atoms with Crippen molar-refractivity contribution in [3.63, 3.8) is 0 Å². The molecule has 0 fully saturated rings. The molecule has 0 saturated heterocycles. The molecule has 0 aliphatic heterocycles. The Hall–Kier alpha value is -2.40. The van der Waals surface area contributed by atoms with Crippen LogP contribution in [0.3, 0.4) is 0 Å². The highest BCUT2D eigenvalue weighted by atomic mass is 19.1. The predicted octanol–water partition coefficient (Wildman–Crippen LogP) is 2.90. The number of nitrogens with one attached hydrogen (secondary N) is 1. The van der Waals surface area contributed by atoms with E-state index < -0.39 is 6.09 Å². The molecule has 5 heteroatoms. The number of aliphatic hydroxyl groups is 1. The van der Waals surface area contributed by atoms with Gasteiger partial charge < -0.3 is 15.2 Å². The Morgan fingerprint density at radius 1 is 1.09 bits per heavy atom. The maximum atomic E-state index is 12.9. The minimum Gasteiger partial charge on any atom is -0.445 e. The van der Waals surface area contributed by atoms with Crippen molar-refractivity contribution < 1.29 is 19.0 Å². The Kier molecular flexibility index (Phi) is 6.56. The summed E-state index contributed by atoms with van der Waals surface area (Å²) < 4.78 is 18.0. The van der Waals surface area contributed by atoms with Gasteiger partial charge >= 0.3 is 6.09 Å². The summed E-state index contributed by atoms with van der Waals surface area (Å²) in [4.78, 5) is 11.7. The quantitative estimate of drug-likeness (QED) is 0.825. The van der Waals surface area contributed by atoms with Crippen LogP contribution in [0.25, 0.3) is 0 Å². The van der Waals surface area contributed by atoms with E-state index in [1.54, 1.807) is 12.1 Å². The number of ether oxygens (including phenoxy) is 1. The molecule has 0 radical (unpaired) electrons. The molecule has 0 aliphatic rings. The first-order valence-corrected chi connectivity index (χ1v) is 7.47. The van der Waals surface area contributed by atoms with E-state index in [0.717, 1.165) is 11.1 Å². The van der Waals surface area contributed by atoms with Gasteiger partial charge in [0.25, 0.3) is 0 Å². The van der Waals surface area contributed by atoms with E-state index in [9.17, 15) is 14.3 Å². The van der Waals surface area contributed by atoms with Gasteiger partial charge in [-0.2, -0.15) is 0 Å². The van der Waals surface area contributed by atoms with Crippen molar-refractivity contribution in [2.45, 2.75) is 13.0 Å². The number of carbonyl (C=O) groups is 1. The van der Waals surface area contributed by atoms with Gasteiger partial charge in [0.05, 0.1) is 0 Å². The molecule has 2 N–H and O–H groups in total. The van der Waals surface area contributed by atoms with Crippen molar-refractivity contribution in [2.75, 3.05) is 13.2 Å². The zero-order chi connectivity index (χ0) is 16.5. The van der Waals surface area contributed by atoms with Gasteiger partial charge in [0.15, 0.2) is 0 Å². The highest BCUT2D eigenvalue weighted by Gasteiger charge is 2.11. The van der Waals surface area contributed by atoms with Crippen LogP contribution in [0.15, 0.2) is 54.6 Å². The molecule has 4 nitrogen and oxygen atoms in total. The number of carbonyl (C=O) groups excluding carboxylic acids is 1. The maximum absolute atomic E-state index is 12.9. The standard InChI is InChI=1S/C18H20FNO3/c19-17-8-6-14(7-9-17)10-16(12-21)11-20-18(22)23-13-15-4-2-1-3-5-15/h1-9,16,21H,10-13H2,(H,20,22). The number of aliphatic hydroxyl groups excluding tert-OH is 1. The molecular formula is C18H20FNO3. The van der Waals surface area contributed by atoms with Crippen molar-refractivity contribution in [3.05, 3.63) is 71.5 Å². The number of rotatable bonds is 7. The number of alkyl carbamates (subject to hydrolysis) is 1. The van der Waals surface area contributed by atoms with Crippen LogP contribution < -0.4 is 5.32 Å². The molecule has 23 heavy (non-hydrogen) atoms. The van der Waals surface area contributed by atoms with Gasteiger partial charge in [-0.25, -0.2) is 9.18 Å². The van der Waals surface area contributed by atoms with Gasteiger partial charge in [-0.05, 0) is 29.7 Å². The second-order valence-electron chi connectivity index (χ2n) is 5.32. The number of benzene rings is 2. The van der Waals surface area contributed by atoms with Gasteiger partial charge in [0.1, 0.15) is 12.4 Å². The van der Waals surface area contributed by atoms with Gasteiger partial charge in [-0.3, -0.25) is 0 Å². The fourth-order valence-corrected chi connectivity index (χ4v) is 2.16. The molecule has 2 aromatic carbocycles. The van der Waals surface area contributed by atoms with E-state index in [-0.39, 0.29) is 24.9 Å². The molecule has 0 bridgehead atoms. The Labute approximate surface area is 134 Å². The average molecular weight is 317 g/mol. The smallest absolute Gasteiger partial charge is 0.407 e. The zero-order valence-electron chi connectivity index (χ0n) is 12.7. The molecule has 1 amide bonds. The highest BCUT2D eigenvalue weighted by molar-refractivity contribution is 5.67. The minimum absolute atomic E-state index is 0.0731. The lowest BCUT2D eigenvalue weighted by atomic mass is 10.00. The summed E-state index contributed by atoms with van der Waals surface area (Å²) in [5.74, 6) is -0.443. The number of halogens is 1. The Bertz CT molecular complexity index is 601. The van der Waals surface area contributed by atoms with E-state index in [2.05, 4.69) is 5.32 Å². The van der Waals surface area contributed by atoms with Gasteiger partial charge in [0, 0.05) is 19.1 Å². The maximum Gasteiger partial charge on any atom is 0.407 e. The number of hydrogen-bond acceptors (Lipinski definition) is 3. The first-order valence-electron chi connectivity index (χ1n) is 7.47. The Morgan fingerprint density at radius 3 is 2.43 bits per heavy atom. The second kappa shape index (κ2) is 8.90. The second-order valence-corrected chi connectivity index (χ2v) is 5.32. The van der Waals surface area contributed by atoms with E-state index in [1.165, 1.54) is 12.1 Å². The van der Waals surface area contributed by atoms with Crippen molar-refractivity contribution in [1.82, 2.24) is 5.32 Å². The summed E-state index contributed by atoms with van der Waals surface area (Å²) >= 11 is 0. The summed E-state index contributed by atoms with van der Waals surface area (Å²) in [6.07, 6.45) is 0.0295. The number of hydrogen-bond donors (Lipinski definition) is 2. The van der Waals surface area contributed by atoms with Crippen LogP contribution in [-0.2, 0) is 17.8 Å². The fraction of sp³-hybridized carbons (Fsp3) is 0.278. The van der Waals surface area contributed by atoms with Crippen LogP contribution in [0, 0.1) is 11.7 Å². The van der Waals surface area contributed by atoms with Crippen molar-refractivity contribution >= 4 is 6.09 Å². The summed E-state index contributed by atoms with van der Waals surface area (Å²) in [5, 5.41) is 12.0. The van der Waals surface area contributed by atoms with Gasteiger partial charge in [-0.1, -0.05) is 42.5 Å². The van der Waals surface area contributed by atoms with Crippen LogP contribution >= 0.6 is 0 Å². The van der Waals surface area contributed by atoms with Crippen LogP contribution in [-0.4, -0.2) is 24.4 Å². The lowest BCUT2D eigenvalue weighted by Gasteiger charge is -2.15. The lowest BCUT2D eigenvalue weighted by molar-refractivity contribution is 0.135. The van der Waals surface area contributed by atoms with Crippen LogP contribution in [0.2, 0.25) is 0 Å². The van der Waals surface area contributed by atoms with E-state index in [0.29, 0.717) is 13.0 Å². The van der Waals surface area contributed by atoms with Crippen LogP contribution in [0.4, 0.5) is 9.18 Å². The van der Waals surface area contributed by atoms with Crippen LogP contribution in [0.1, 0.15) is 11.1 Å². The fourth-order valence-electron chi connectivity index (χ4n) is 2.16. The molecule has 2 rings (SSSR count). The topological polar surface area (TPSA) is 58.6 Å². The molecule has 0 spiro atoms. The highest BCUT2D eigenvalue weighted by Crippen LogP contribution is 2.09. The Morgan fingerprint density at radius 2 is 1.78 bits per heavy atom. The SMILES string of the molecule is O=C(NCC(CO)Cc1ccc(F)cc1)OCc1ccccc1. The van der Waals surface area contributed by atoms with E-state index in [1.807, 2.05) is 30.3 Å². The van der Waals surface area contributed by atoms with E-state index >= 15 is 0 Å². The monoisotopic (exact) mass is 317 g/mol. The summed E-state index contributed by atoms with van der Waals surface area (Å²) in [6, 6.07) is 15.5. The molecule has 0 saturated carbocycles. The summed E-state index contributed by atoms with van der Waals surface area (Å²) in [7, 11) is 0. The normalized spacial score (nSPS) is 11.7. The largest absolute Gasteiger partial charge is 0.445 e. The molecule has 0 heterocycles. The molecule has 0 aliphatic carbocycles. The molecule has 0 aromatic heterocycles. The first-order chi connectivity index (χ1) is 11.2. The summed E-state index contributed by atoms with van der Waals surface area (Å²) in [6.45, 7) is 0.423. The number of amides is 1. The van der Waals surface area contributed by atoms with Crippen molar-refractivity contribution in [3.8, 4) is 0 Å². The van der Waals surface area contributed by atoms with Gasteiger partial charge in [0.2, 0.25) is 0 Å². The molecule has 1 atom stereocenters. The van der Waals surface area contributed by atoms with E-state index in [4.69, 9.17) is 4.74 Å². The van der Waals surface area contributed by atoms with Crippen molar-refractivity contribution in [2.24, 2.45) is 5.92 Å². The first kappa shape index (κ1) is 17.0. The predicted molar refractivity (Wildman–Crippen MR) is 85.3 cm³/mol. The Balaban J connectivity index is 1.74. The zero-order valence-corrected chi connectivity index (χ0v) is 12.7. The van der Waals surface area contributed by atoms with Crippen LogP contribution in [0.5, 0.6) is 0 Å².